The molecule has 1 aromatic rings. The standard InChI is InChI=1S/C13H21N3O/c1-3-17-12(10-4-5-10)13-15-7-6-11(16-13)8-9(2)14/h6-7,9-10,12H,3-5,8,14H2,1-2H3. The van der Waals surface area contributed by atoms with Crippen LogP contribution in [0.15, 0.2) is 12.3 Å². The van der Waals surface area contributed by atoms with Crippen LogP contribution in [0.5, 0.6) is 0 Å². The van der Waals surface area contributed by atoms with Gasteiger partial charge in [-0.2, -0.15) is 0 Å². The number of rotatable bonds is 6. The lowest BCUT2D eigenvalue weighted by atomic mass is 10.1. The zero-order chi connectivity index (χ0) is 12.3. The van der Waals surface area contributed by atoms with Gasteiger partial charge in [0.15, 0.2) is 5.82 Å². The third-order valence-electron chi connectivity index (χ3n) is 2.91. The van der Waals surface area contributed by atoms with E-state index in [1.54, 1.807) is 0 Å². The van der Waals surface area contributed by atoms with E-state index >= 15 is 0 Å². The maximum absolute atomic E-state index is 5.79. The molecule has 0 radical (unpaired) electrons. The maximum Gasteiger partial charge on any atom is 0.157 e. The summed E-state index contributed by atoms with van der Waals surface area (Å²) in [4.78, 5) is 8.93. The molecule has 2 N–H and O–H groups in total. The molecule has 0 amide bonds. The second kappa shape index (κ2) is 5.56. The molecule has 2 unspecified atom stereocenters. The van der Waals surface area contributed by atoms with Crippen molar-refractivity contribution in [3.8, 4) is 0 Å². The van der Waals surface area contributed by atoms with E-state index in [0.717, 1.165) is 17.9 Å². The van der Waals surface area contributed by atoms with E-state index in [1.165, 1.54) is 12.8 Å². The number of aromatic nitrogens is 2. The van der Waals surface area contributed by atoms with Gasteiger partial charge >= 0.3 is 0 Å². The summed E-state index contributed by atoms with van der Waals surface area (Å²) in [7, 11) is 0. The van der Waals surface area contributed by atoms with Crippen LogP contribution in [0.3, 0.4) is 0 Å². The average molecular weight is 235 g/mol. The quantitative estimate of drug-likeness (QED) is 0.817. The van der Waals surface area contributed by atoms with Crippen molar-refractivity contribution in [2.24, 2.45) is 11.7 Å². The van der Waals surface area contributed by atoms with Gasteiger partial charge in [-0.1, -0.05) is 0 Å². The van der Waals surface area contributed by atoms with Crippen LogP contribution in [0.2, 0.25) is 0 Å². The lowest BCUT2D eigenvalue weighted by Gasteiger charge is -2.15. The molecule has 0 bridgehead atoms. The minimum Gasteiger partial charge on any atom is -0.370 e. The average Bonchev–Trinajstić information content (AvgIpc) is 3.09. The normalized spacial score (nSPS) is 19.0. The summed E-state index contributed by atoms with van der Waals surface area (Å²) in [5.41, 5.74) is 6.80. The molecule has 4 nitrogen and oxygen atoms in total. The lowest BCUT2D eigenvalue weighted by Crippen LogP contribution is -2.20. The van der Waals surface area contributed by atoms with Gasteiger partial charge in [-0.3, -0.25) is 0 Å². The molecule has 4 heteroatoms. The minimum atomic E-state index is 0.0769. The fourth-order valence-electron chi connectivity index (χ4n) is 1.99. The van der Waals surface area contributed by atoms with Crippen molar-refractivity contribution in [1.29, 1.82) is 0 Å². The van der Waals surface area contributed by atoms with Crippen molar-refractivity contribution in [1.82, 2.24) is 9.97 Å². The molecule has 1 aliphatic rings. The summed E-state index contributed by atoms with van der Waals surface area (Å²) in [6.45, 7) is 4.71. The fourth-order valence-corrected chi connectivity index (χ4v) is 1.99. The van der Waals surface area contributed by atoms with E-state index in [0.29, 0.717) is 12.5 Å². The SMILES string of the molecule is CCOC(c1nccc(CC(C)N)n1)C1CC1. The number of hydrogen-bond acceptors (Lipinski definition) is 4. The van der Waals surface area contributed by atoms with Crippen molar-refractivity contribution < 1.29 is 4.74 Å². The Bertz CT molecular complexity index is 363. The Kier molecular flexibility index (Phi) is 4.07. The highest BCUT2D eigenvalue weighted by Gasteiger charge is 2.34. The molecular weight excluding hydrogens is 214 g/mol. The van der Waals surface area contributed by atoms with E-state index in [-0.39, 0.29) is 12.1 Å². The Morgan fingerprint density at radius 3 is 2.88 bits per heavy atom. The molecule has 0 aliphatic heterocycles. The third kappa shape index (κ3) is 3.48. The maximum atomic E-state index is 5.79. The van der Waals surface area contributed by atoms with Crippen LogP contribution in [0.4, 0.5) is 0 Å². The first kappa shape index (κ1) is 12.5. The molecule has 0 spiro atoms. The Morgan fingerprint density at radius 1 is 1.53 bits per heavy atom. The molecule has 1 aromatic heterocycles. The van der Waals surface area contributed by atoms with Crippen molar-refractivity contribution in [3.63, 3.8) is 0 Å². The second-order valence-corrected chi connectivity index (χ2v) is 4.80. The topological polar surface area (TPSA) is 61.0 Å². The van der Waals surface area contributed by atoms with Gasteiger partial charge in [-0.05, 0) is 38.7 Å². The number of nitrogens with two attached hydrogens (primary N) is 1. The summed E-state index contributed by atoms with van der Waals surface area (Å²) in [6, 6.07) is 2.06. The van der Waals surface area contributed by atoms with Gasteiger partial charge in [0.2, 0.25) is 0 Å². The summed E-state index contributed by atoms with van der Waals surface area (Å²) < 4.78 is 5.76. The fraction of sp³-hybridized carbons (Fsp3) is 0.692. The van der Waals surface area contributed by atoms with Crippen molar-refractivity contribution >= 4 is 0 Å². The highest BCUT2D eigenvalue weighted by atomic mass is 16.5. The van der Waals surface area contributed by atoms with Crippen LogP contribution in [-0.2, 0) is 11.2 Å². The predicted molar refractivity (Wildman–Crippen MR) is 66.5 cm³/mol. The van der Waals surface area contributed by atoms with Gasteiger partial charge in [0, 0.05) is 31.0 Å². The smallest absolute Gasteiger partial charge is 0.157 e. The second-order valence-electron chi connectivity index (χ2n) is 4.80. The first-order valence-corrected chi connectivity index (χ1v) is 6.39. The van der Waals surface area contributed by atoms with Crippen LogP contribution in [-0.4, -0.2) is 22.6 Å². The summed E-state index contributed by atoms with van der Waals surface area (Å²) in [5.74, 6) is 1.44. The monoisotopic (exact) mass is 235 g/mol. The molecule has 1 heterocycles. The zero-order valence-electron chi connectivity index (χ0n) is 10.6. The van der Waals surface area contributed by atoms with E-state index in [1.807, 2.05) is 26.1 Å². The van der Waals surface area contributed by atoms with Crippen LogP contribution >= 0.6 is 0 Å². The van der Waals surface area contributed by atoms with E-state index in [9.17, 15) is 0 Å². The largest absolute Gasteiger partial charge is 0.370 e. The minimum absolute atomic E-state index is 0.0769. The van der Waals surface area contributed by atoms with Crippen molar-refractivity contribution in [2.75, 3.05) is 6.61 Å². The Hall–Kier alpha value is -1.00. The van der Waals surface area contributed by atoms with Gasteiger partial charge in [-0.15, -0.1) is 0 Å². The van der Waals surface area contributed by atoms with Crippen LogP contribution in [0.25, 0.3) is 0 Å². The molecular formula is C13H21N3O. The predicted octanol–water partition coefficient (Wildman–Crippen LogP) is 1.85. The highest BCUT2D eigenvalue weighted by Crippen LogP contribution is 2.42. The highest BCUT2D eigenvalue weighted by molar-refractivity contribution is 5.07. The molecule has 1 fully saturated rings. The van der Waals surface area contributed by atoms with E-state index in [2.05, 4.69) is 9.97 Å². The van der Waals surface area contributed by atoms with Gasteiger partial charge in [0.25, 0.3) is 0 Å². The molecule has 2 rings (SSSR count). The van der Waals surface area contributed by atoms with Crippen LogP contribution < -0.4 is 5.73 Å². The number of hydrogen-bond donors (Lipinski definition) is 1. The molecule has 0 saturated heterocycles. The van der Waals surface area contributed by atoms with Gasteiger partial charge in [0.1, 0.15) is 6.10 Å². The van der Waals surface area contributed by atoms with E-state index < -0.39 is 0 Å². The Balaban J connectivity index is 2.12. The number of ether oxygens (including phenoxy) is 1. The molecule has 2 atom stereocenters. The molecule has 94 valence electrons. The Morgan fingerprint density at radius 2 is 2.29 bits per heavy atom. The zero-order valence-corrected chi connectivity index (χ0v) is 10.6. The molecule has 1 aliphatic carbocycles. The summed E-state index contributed by atoms with van der Waals surface area (Å²) in [5, 5.41) is 0. The first-order valence-electron chi connectivity index (χ1n) is 6.39. The number of nitrogens with zero attached hydrogens (tertiary/aromatic N) is 2. The van der Waals surface area contributed by atoms with Gasteiger partial charge in [-0.25, -0.2) is 9.97 Å². The molecule has 0 aromatic carbocycles. The van der Waals surface area contributed by atoms with Crippen LogP contribution in [0.1, 0.15) is 44.3 Å². The van der Waals surface area contributed by atoms with Gasteiger partial charge < -0.3 is 10.5 Å². The lowest BCUT2D eigenvalue weighted by molar-refractivity contribution is 0.0398. The first-order chi connectivity index (χ1) is 8.20. The van der Waals surface area contributed by atoms with Gasteiger partial charge in [0.05, 0.1) is 0 Å². The summed E-state index contributed by atoms with van der Waals surface area (Å²) in [6.07, 6.45) is 5.14. The van der Waals surface area contributed by atoms with Crippen LogP contribution in [0, 0.1) is 5.92 Å². The Labute approximate surface area is 103 Å². The van der Waals surface area contributed by atoms with Crippen molar-refractivity contribution in [2.45, 2.75) is 45.3 Å². The molecule has 17 heavy (non-hydrogen) atoms. The van der Waals surface area contributed by atoms with Crippen molar-refractivity contribution in [3.05, 3.63) is 23.8 Å². The molecule has 1 saturated carbocycles. The third-order valence-corrected chi connectivity index (χ3v) is 2.91. The summed E-state index contributed by atoms with van der Waals surface area (Å²) >= 11 is 0. The van der Waals surface area contributed by atoms with E-state index in [4.69, 9.17) is 10.5 Å².